The van der Waals surface area contributed by atoms with Crippen molar-refractivity contribution in [3.63, 3.8) is 0 Å². The van der Waals surface area contributed by atoms with Gasteiger partial charge in [0.2, 0.25) is 0 Å². The SMILES string of the molecule is CCOC(=O)c1cnc(SC)nc1Cl.CCOC(=O)c1cnc(SC)nc1NC.CN.CNc1nc(SC)ncc1CCl.CNc1nc(SC)ncc1CO.Cl. The maximum absolute atomic E-state index is 11.5. The zero-order valence-electron chi connectivity index (χ0n) is 32.7. The van der Waals surface area contributed by atoms with Gasteiger partial charge in [-0.1, -0.05) is 58.6 Å². The van der Waals surface area contributed by atoms with Crippen LogP contribution in [0.1, 0.15) is 45.7 Å². The molecule has 4 aromatic rings. The van der Waals surface area contributed by atoms with E-state index in [0.717, 1.165) is 22.1 Å². The van der Waals surface area contributed by atoms with Crippen molar-refractivity contribution >= 4 is 112 Å². The first-order valence-corrected chi connectivity index (χ1v) is 21.7. The largest absolute Gasteiger partial charge is 0.462 e. The highest BCUT2D eigenvalue weighted by Gasteiger charge is 2.15. The van der Waals surface area contributed by atoms with Crippen molar-refractivity contribution < 1.29 is 24.2 Å². The van der Waals surface area contributed by atoms with Crippen LogP contribution in [0, 0.1) is 0 Å². The van der Waals surface area contributed by atoms with E-state index in [1.54, 1.807) is 40.3 Å². The molecule has 0 aliphatic rings. The Morgan fingerprint density at radius 2 is 1.02 bits per heavy atom. The molecular weight excluding hydrogens is 867 g/mol. The highest BCUT2D eigenvalue weighted by molar-refractivity contribution is 7.99. The Labute approximate surface area is 361 Å². The van der Waals surface area contributed by atoms with Crippen molar-refractivity contribution in [2.75, 3.05) is 82.4 Å². The molecule has 0 aromatic carbocycles. The van der Waals surface area contributed by atoms with E-state index in [1.807, 2.05) is 32.1 Å². The molecule has 4 rings (SSSR count). The van der Waals surface area contributed by atoms with Crippen LogP contribution in [0.15, 0.2) is 45.4 Å². The van der Waals surface area contributed by atoms with Gasteiger partial charge in [-0.25, -0.2) is 49.5 Å². The first-order valence-electron chi connectivity index (χ1n) is 15.9. The monoisotopic (exact) mass is 914 g/mol. The fraction of sp³-hybridized carbons (Fsp3) is 0.438. The summed E-state index contributed by atoms with van der Waals surface area (Å²) >= 11 is 17.2. The van der Waals surface area contributed by atoms with Gasteiger partial charge < -0.3 is 36.3 Å². The Bertz CT molecular complexity index is 1690. The molecule has 0 atom stereocenters. The molecule has 4 heterocycles. The molecule has 0 saturated heterocycles. The third kappa shape index (κ3) is 19.3. The quantitative estimate of drug-likeness (QED) is 0.0332. The second-order valence-corrected chi connectivity index (χ2v) is 12.8. The molecule has 312 valence electrons. The lowest BCUT2D eigenvalue weighted by Gasteiger charge is -2.07. The average Bonchev–Trinajstić information content (AvgIpc) is 3.24. The fourth-order valence-corrected chi connectivity index (χ4v) is 5.24. The van der Waals surface area contributed by atoms with Crippen LogP contribution in [0.25, 0.3) is 0 Å². The summed E-state index contributed by atoms with van der Waals surface area (Å²) in [4.78, 5) is 55.3. The zero-order chi connectivity index (χ0) is 41.8. The van der Waals surface area contributed by atoms with Gasteiger partial charge in [-0.15, -0.1) is 24.0 Å². The Balaban J connectivity index is 0. The number of carbonyl (C=O) groups excluding carboxylic acids is 2. The number of hydrogen-bond acceptors (Lipinski definition) is 21. The van der Waals surface area contributed by atoms with E-state index >= 15 is 0 Å². The maximum atomic E-state index is 11.5. The molecule has 4 aromatic heterocycles. The molecule has 6 N–H and O–H groups in total. The van der Waals surface area contributed by atoms with Gasteiger partial charge in [-0.2, -0.15) is 0 Å². The molecule has 0 fully saturated rings. The Morgan fingerprint density at radius 1 is 0.661 bits per heavy atom. The number of nitrogens with zero attached hydrogens (tertiary/aromatic N) is 8. The minimum absolute atomic E-state index is 0. The Morgan fingerprint density at radius 3 is 1.39 bits per heavy atom. The third-order valence-corrected chi connectivity index (χ3v) is 8.74. The van der Waals surface area contributed by atoms with E-state index in [-0.39, 0.29) is 29.7 Å². The highest BCUT2D eigenvalue weighted by Crippen LogP contribution is 2.19. The van der Waals surface area contributed by atoms with Crippen molar-refractivity contribution in [1.82, 2.24) is 39.9 Å². The van der Waals surface area contributed by atoms with Crippen molar-refractivity contribution in [3.05, 3.63) is 52.2 Å². The predicted molar refractivity (Wildman–Crippen MR) is 234 cm³/mol. The summed E-state index contributed by atoms with van der Waals surface area (Å²) in [6.45, 7) is 4.09. The van der Waals surface area contributed by atoms with Crippen LogP contribution in [0.3, 0.4) is 0 Å². The van der Waals surface area contributed by atoms with Gasteiger partial charge in [0.1, 0.15) is 33.7 Å². The summed E-state index contributed by atoms with van der Waals surface area (Å²) < 4.78 is 9.65. The molecule has 56 heavy (non-hydrogen) atoms. The van der Waals surface area contributed by atoms with Crippen LogP contribution in [0.4, 0.5) is 17.5 Å². The molecule has 0 spiro atoms. The van der Waals surface area contributed by atoms with E-state index in [9.17, 15) is 9.59 Å². The summed E-state index contributed by atoms with van der Waals surface area (Å²) in [5.41, 5.74) is 6.70. The van der Waals surface area contributed by atoms with Crippen LogP contribution in [0.2, 0.25) is 5.15 Å². The number of alkyl halides is 1. The minimum Gasteiger partial charge on any atom is -0.462 e. The molecule has 0 unspecified atom stereocenters. The van der Waals surface area contributed by atoms with Crippen LogP contribution in [-0.2, 0) is 22.0 Å². The number of ether oxygens (including phenoxy) is 2. The van der Waals surface area contributed by atoms with Crippen molar-refractivity contribution in [1.29, 1.82) is 0 Å². The number of anilines is 3. The number of thioether (sulfide) groups is 4. The maximum Gasteiger partial charge on any atom is 0.343 e. The second kappa shape index (κ2) is 32.9. The predicted octanol–water partition coefficient (Wildman–Crippen LogP) is 6.15. The third-order valence-electron chi connectivity index (χ3n) is 5.92. The summed E-state index contributed by atoms with van der Waals surface area (Å²) in [7, 11) is 6.79. The number of aliphatic hydroxyl groups excluding tert-OH is 1. The van der Waals surface area contributed by atoms with Crippen molar-refractivity contribution in [2.45, 2.75) is 47.0 Å². The lowest BCUT2D eigenvalue weighted by Crippen LogP contribution is -2.10. The Hall–Kier alpha value is -3.15. The second-order valence-electron chi connectivity index (χ2n) is 9.12. The van der Waals surface area contributed by atoms with Crippen LogP contribution >= 0.6 is 82.7 Å². The fourth-order valence-electron chi connectivity index (χ4n) is 3.43. The molecule has 0 aliphatic carbocycles. The molecular formula is C32H49Cl3N12O5S4. The van der Waals surface area contributed by atoms with E-state index < -0.39 is 11.9 Å². The lowest BCUT2D eigenvalue weighted by molar-refractivity contribution is 0.0516. The molecule has 0 aliphatic heterocycles. The number of hydrogen-bond donors (Lipinski definition) is 5. The lowest BCUT2D eigenvalue weighted by atomic mass is 10.3. The number of esters is 2. The van der Waals surface area contributed by atoms with E-state index in [0.29, 0.717) is 51.8 Å². The van der Waals surface area contributed by atoms with Crippen molar-refractivity contribution in [2.24, 2.45) is 5.73 Å². The number of carbonyl (C=O) groups is 2. The van der Waals surface area contributed by atoms with E-state index in [2.05, 4.69) is 61.6 Å². The summed E-state index contributed by atoms with van der Waals surface area (Å²) in [6.07, 6.45) is 13.8. The Kier molecular flexibility index (Phi) is 32.3. The zero-order valence-corrected chi connectivity index (χ0v) is 38.3. The molecule has 24 heteroatoms. The smallest absolute Gasteiger partial charge is 0.343 e. The highest BCUT2D eigenvalue weighted by atomic mass is 35.5. The summed E-state index contributed by atoms with van der Waals surface area (Å²) in [6, 6.07) is 0. The van der Waals surface area contributed by atoms with Crippen LogP contribution in [0.5, 0.6) is 0 Å². The minimum atomic E-state index is -0.495. The molecule has 0 radical (unpaired) electrons. The molecule has 17 nitrogen and oxygen atoms in total. The van der Waals surface area contributed by atoms with Gasteiger partial charge in [0.05, 0.1) is 25.7 Å². The van der Waals surface area contributed by atoms with Crippen LogP contribution < -0.4 is 21.7 Å². The first-order chi connectivity index (χ1) is 26.5. The number of aromatic nitrogens is 8. The standard InChI is InChI=1S/C9H13N3O2S.C8H9ClN2O2S.C7H10ClN3S.C7H11N3OS.CH5N.ClH/c1-4-14-8(13)6-5-11-9(15-3)12-7(6)10-2;1-3-13-7(12)5-4-10-8(14-2)11-6(5)9;1-9-6-5(3-8)4-10-7(11-6)12-2;1-8-6-5(4-11)3-9-7(10-6)12-2;1-2;/h5H,4H2,1-3H3,(H,10,11,12);4H,3H2,1-2H3;4H,3H2,1-2H3,(H,9,10,11);3,11H,4H2,1-2H3,(H,8,9,10);2H2,1H3;1H. The van der Waals surface area contributed by atoms with Gasteiger partial charge in [0.25, 0.3) is 0 Å². The topological polar surface area (TPSA) is 238 Å². The first kappa shape index (κ1) is 54.9. The number of halogens is 3. The summed E-state index contributed by atoms with van der Waals surface area (Å²) in [5, 5.41) is 20.3. The average molecular weight is 916 g/mol. The molecule has 0 saturated carbocycles. The van der Waals surface area contributed by atoms with E-state index in [4.69, 9.17) is 37.8 Å². The van der Waals surface area contributed by atoms with E-state index in [1.165, 1.54) is 66.5 Å². The van der Waals surface area contributed by atoms with Gasteiger partial charge >= 0.3 is 11.9 Å². The van der Waals surface area contributed by atoms with Gasteiger partial charge in [0.15, 0.2) is 20.6 Å². The number of aliphatic hydroxyl groups is 1. The number of rotatable bonds is 13. The molecule has 0 amide bonds. The summed E-state index contributed by atoms with van der Waals surface area (Å²) in [5.74, 6) is 1.53. The molecule has 0 bridgehead atoms. The van der Waals surface area contributed by atoms with Gasteiger partial charge in [-0.3, -0.25) is 0 Å². The van der Waals surface area contributed by atoms with Crippen molar-refractivity contribution in [3.8, 4) is 0 Å². The van der Waals surface area contributed by atoms with Gasteiger partial charge in [-0.05, 0) is 45.9 Å². The number of nitrogens with one attached hydrogen (secondary N) is 3. The van der Waals surface area contributed by atoms with Crippen LogP contribution in [-0.4, -0.2) is 123 Å². The van der Waals surface area contributed by atoms with Gasteiger partial charge in [0, 0.05) is 57.1 Å². The normalized spacial score (nSPS) is 9.46. The number of nitrogens with two attached hydrogens (primary N) is 1.